The van der Waals surface area contributed by atoms with E-state index in [1.165, 1.54) is 62.3 Å². The van der Waals surface area contributed by atoms with Crippen LogP contribution >= 0.6 is 0 Å². The maximum Gasteiger partial charge on any atom is 0.0110 e. The van der Waals surface area contributed by atoms with Crippen molar-refractivity contribution in [2.45, 2.75) is 25.7 Å². The quantitative estimate of drug-likeness (QED) is 0.771. The fourth-order valence-corrected chi connectivity index (χ4v) is 4.37. The normalized spacial score (nSPS) is 18.3. The molecule has 1 fully saturated rings. The highest BCUT2D eigenvalue weighted by molar-refractivity contribution is 5.76. The van der Waals surface area contributed by atoms with Gasteiger partial charge in [-0.05, 0) is 61.5 Å². The predicted octanol–water partition coefficient (Wildman–Crippen LogP) is 4.27. The topological polar surface area (TPSA) is 6.48 Å². The number of benzene rings is 2. The Morgan fingerprint density at radius 1 is 0.846 bits per heavy atom. The first-order valence-electron chi connectivity index (χ1n) is 10.0. The van der Waals surface area contributed by atoms with E-state index in [0.717, 1.165) is 12.8 Å². The van der Waals surface area contributed by atoms with Gasteiger partial charge in [0.25, 0.3) is 0 Å². The maximum absolute atomic E-state index is 2.64. The third-order valence-corrected chi connectivity index (χ3v) is 5.93. The van der Waals surface area contributed by atoms with E-state index in [1.54, 1.807) is 11.1 Å². The molecule has 2 aromatic rings. The predicted molar refractivity (Wildman–Crippen MR) is 110 cm³/mol. The molecule has 2 nitrogen and oxygen atoms in total. The van der Waals surface area contributed by atoms with Gasteiger partial charge in [0, 0.05) is 26.2 Å². The summed E-state index contributed by atoms with van der Waals surface area (Å²) < 4.78 is 0. The Morgan fingerprint density at radius 2 is 1.58 bits per heavy atom. The Hall–Kier alpha value is -1.90. The fourth-order valence-electron chi connectivity index (χ4n) is 4.37. The van der Waals surface area contributed by atoms with E-state index in [0.29, 0.717) is 0 Å². The van der Waals surface area contributed by atoms with Gasteiger partial charge in [-0.25, -0.2) is 0 Å². The van der Waals surface area contributed by atoms with Gasteiger partial charge in [-0.15, -0.1) is 0 Å². The molecular weight excluding hydrogens is 316 g/mol. The molecule has 1 aliphatic carbocycles. The summed E-state index contributed by atoms with van der Waals surface area (Å²) in [7, 11) is 2.23. The fraction of sp³-hybridized carbons (Fsp3) is 0.417. The van der Waals surface area contributed by atoms with Crippen LogP contribution in [0.2, 0.25) is 0 Å². The number of hydrogen-bond donors (Lipinski definition) is 0. The first kappa shape index (κ1) is 17.5. The zero-order valence-corrected chi connectivity index (χ0v) is 16.0. The number of likely N-dealkylation sites (N-methyl/N-ethyl adjacent to an activating group) is 1. The highest BCUT2D eigenvalue weighted by Crippen LogP contribution is 2.37. The van der Waals surface area contributed by atoms with E-state index in [1.807, 2.05) is 0 Å². The van der Waals surface area contributed by atoms with Crippen molar-refractivity contribution in [2.75, 3.05) is 39.8 Å². The summed E-state index contributed by atoms with van der Waals surface area (Å²) >= 11 is 0. The second-order valence-electron chi connectivity index (χ2n) is 7.83. The summed E-state index contributed by atoms with van der Waals surface area (Å²) in [4.78, 5) is 5.07. The van der Waals surface area contributed by atoms with Crippen LogP contribution in [-0.2, 0) is 12.8 Å². The van der Waals surface area contributed by atoms with Crippen molar-refractivity contribution in [2.24, 2.45) is 0 Å². The van der Waals surface area contributed by atoms with Crippen molar-refractivity contribution in [3.63, 3.8) is 0 Å². The SMILES string of the molecule is CN1CCN(CCCC2=C(Cc3ccccc3)Cc3ccccc32)CC1. The molecule has 0 aromatic heterocycles. The Bertz CT molecular complexity index is 755. The molecule has 0 saturated carbocycles. The third-order valence-electron chi connectivity index (χ3n) is 5.93. The van der Waals surface area contributed by atoms with Gasteiger partial charge in [-0.1, -0.05) is 60.2 Å². The zero-order chi connectivity index (χ0) is 17.8. The van der Waals surface area contributed by atoms with E-state index in [2.05, 4.69) is 71.4 Å². The largest absolute Gasteiger partial charge is 0.304 e. The number of nitrogens with zero attached hydrogens (tertiary/aromatic N) is 2. The molecule has 0 N–H and O–H groups in total. The second kappa shape index (κ2) is 8.20. The van der Waals surface area contributed by atoms with E-state index >= 15 is 0 Å². The highest BCUT2D eigenvalue weighted by atomic mass is 15.2. The Labute approximate surface area is 158 Å². The smallest absolute Gasteiger partial charge is 0.0110 e. The molecule has 1 aliphatic heterocycles. The van der Waals surface area contributed by atoms with Crippen LogP contribution in [0.4, 0.5) is 0 Å². The van der Waals surface area contributed by atoms with Gasteiger partial charge < -0.3 is 9.80 Å². The molecule has 4 rings (SSSR count). The molecular formula is C24H30N2. The summed E-state index contributed by atoms with van der Waals surface area (Å²) in [5.41, 5.74) is 7.73. The number of hydrogen-bond acceptors (Lipinski definition) is 2. The molecule has 0 amide bonds. The van der Waals surface area contributed by atoms with Crippen LogP contribution in [-0.4, -0.2) is 49.6 Å². The molecule has 2 aliphatic rings. The van der Waals surface area contributed by atoms with E-state index in [-0.39, 0.29) is 0 Å². The summed E-state index contributed by atoms with van der Waals surface area (Å²) in [6.07, 6.45) is 4.71. The van der Waals surface area contributed by atoms with Gasteiger partial charge in [-0.2, -0.15) is 0 Å². The lowest BCUT2D eigenvalue weighted by Crippen LogP contribution is -2.44. The molecule has 0 spiro atoms. The molecule has 0 unspecified atom stereocenters. The highest BCUT2D eigenvalue weighted by Gasteiger charge is 2.21. The molecule has 0 radical (unpaired) electrons. The van der Waals surface area contributed by atoms with Crippen LogP contribution in [0, 0.1) is 0 Å². The van der Waals surface area contributed by atoms with Crippen LogP contribution in [0.1, 0.15) is 29.5 Å². The third kappa shape index (κ3) is 4.08. The minimum atomic E-state index is 1.10. The van der Waals surface area contributed by atoms with Crippen LogP contribution < -0.4 is 0 Å². The van der Waals surface area contributed by atoms with Crippen LogP contribution in [0.3, 0.4) is 0 Å². The number of fused-ring (bicyclic) bond motifs is 1. The number of piperazine rings is 1. The lowest BCUT2D eigenvalue weighted by atomic mass is 9.97. The monoisotopic (exact) mass is 346 g/mol. The number of rotatable bonds is 6. The van der Waals surface area contributed by atoms with Crippen molar-refractivity contribution < 1.29 is 0 Å². The van der Waals surface area contributed by atoms with Gasteiger partial charge >= 0.3 is 0 Å². The van der Waals surface area contributed by atoms with Gasteiger partial charge in [0.05, 0.1) is 0 Å². The van der Waals surface area contributed by atoms with Gasteiger partial charge in [0.2, 0.25) is 0 Å². The molecule has 2 heteroatoms. The van der Waals surface area contributed by atoms with Crippen molar-refractivity contribution in [3.8, 4) is 0 Å². The minimum absolute atomic E-state index is 1.10. The van der Waals surface area contributed by atoms with Crippen LogP contribution in [0.15, 0.2) is 60.2 Å². The van der Waals surface area contributed by atoms with Gasteiger partial charge in [0.15, 0.2) is 0 Å². The summed E-state index contributed by atoms with van der Waals surface area (Å²) in [6, 6.07) is 20.0. The molecule has 1 saturated heterocycles. The Morgan fingerprint density at radius 3 is 2.38 bits per heavy atom. The second-order valence-corrected chi connectivity index (χ2v) is 7.83. The average molecular weight is 347 g/mol. The Kier molecular flexibility index (Phi) is 5.52. The number of allylic oxidation sites excluding steroid dienone is 2. The Balaban J connectivity index is 1.44. The molecule has 2 aromatic carbocycles. The van der Waals surface area contributed by atoms with Gasteiger partial charge in [0.1, 0.15) is 0 Å². The molecule has 1 heterocycles. The van der Waals surface area contributed by atoms with Crippen molar-refractivity contribution in [1.82, 2.24) is 9.80 Å². The zero-order valence-electron chi connectivity index (χ0n) is 16.0. The first-order chi connectivity index (χ1) is 12.8. The molecule has 0 atom stereocenters. The standard InChI is InChI=1S/C24H30N2/c1-25-14-16-26(17-15-25)13-7-12-24-22(18-20-8-3-2-4-9-20)19-21-10-5-6-11-23(21)24/h2-6,8-11H,7,12-19H2,1H3. The van der Waals surface area contributed by atoms with E-state index < -0.39 is 0 Å². The van der Waals surface area contributed by atoms with Crippen molar-refractivity contribution in [3.05, 3.63) is 76.9 Å². The van der Waals surface area contributed by atoms with Crippen molar-refractivity contribution in [1.29, 1.82) is 0 Å². The van der Waals surface area contributed by atoms with Gasteiger partial charge in [-0.3, -0.25) is 0 Å². The lowest BCUT2D eigenvalue weighted by Gasteiger charge is -2.32. The maximum atomic E-state index is 2.64. The summed E-state index contributed by atoms with van der Waals surface area (Å²) in [5, 5.41) is 0. The minimum Gasteiger partial charge on any atom is -0.304 e. The van der Waals surface area contributed by atoms with E-state index in [9.17, 15) is 0 Å². The lowest BCUT2D eigenvalue weighted by molar-refractivity contribution is 0.153. The summed E-state index contributed by atoms with van der Waals surface area (Å²) in [5.74, 6) is 0. The van der Waals surface area contributed by atoms with Crippen LogP contribution in [0.25, 0.3) is 5.57 Å². The van der Waals surface area contributed by atoms with Crippen LogP contribution in [0.5, 0.6) is 0 Å². The van der Waals surface area contributed by atoms with Crippen molar-refractivity contribution >= 4 is 5.57 Å². The molecule has 0 bridgehead atoms. The summed E-state index contributed by atoms with van der Waals surface area (Å²) in [6.45, 7) is 6.11. The molecule has 136 valence electrons. The van der Waals surface area contributed by atoms with E-state index in [4.69, 9.17) is 0 Å². The average Bonchev–Trinajstić information content (AvgIpc) is 3.01. The molecule has 26 heavy (non-hydrogen) atoms. The first-order valence-corrected chi connectivity index (χ1v) is 10.0.